The van der Waals surface area contributed by atoms with Crippen molar-refractivity contribution in [2.45, 2.75) is 39.2 Å². The summed E-state index contributed by atoms with van der Waals surface area (Å²) in [7, 11) is -3.60. The quantitative estimate of drug-likeness (QED) is 0.639. The van der Waals surface area contributed by atoms with E-state index >= 15 is 0 Å². The van der Waals surface area contributed by atoms with E-state index in [9.17, 15) is 13.2 Å². The van der Waals surface area contributed by atoms with Crippen LogP contribution in [0, 0.1) is 5.92 Å². The highest BCUT2D eigenvalue weighted by Crippen LogP contribution is 2.20. The maximum atomic E-state index is 12.1. The second-order valence-electron chi connectivity index (χ2n) is 4.84. The number of nitrogens with one attached hydrogen (secondary N) is 1. The summed E-state index contributed by atoms with van der Waals surface area (Å²) < 4.78 is 32.9. The fraction of sp³-hybridized carbons (Fsp3) is 0.917. The van der Waals surface area contributed by atoms with Crippen LogP contribution in [0.2, 0.25) is 0 Å². The summed E-state index contributed by atoms with van der Waals surface area (Å²) in [6.45, 7) is 4.25. The van der Waals surface area contributed by atoms with Crippen LogP contribution in [0.4, 0.5) is 0 Å². The molecule has 1 saturated heterocycles. The van der Waals surface area contributed by atoms with Crippen molar-refractivity contribution in [1.82, 2.24) is 9.03 Å². The van der Waals surface area contributed by atoms with E-state index in [2.05, 4.69) is 4.72 Å². The highest BCUT2D eigenvalue weighted by Gasteiger charge is 2.32. The Morgan fingerprint density at radius 2 is 2.00 bits per heavy atom. The second-order valence-corrected chi connectivity index (χ2v) is 6.54. The lowest BCUT2D eigenvalue weighted by atomic mass is 9.98. The van der Waals surface area contributed by atoms with E-state index in [4.69, 9.17) is 9.84 Å². The van der Waals surface area contributed by atoms with Gasteiger partial charge in [-0.25, -0.2) is 0 Å². The third-order valence-corrected chi connectivity index (χ3v) is 5.12. The molecular formula is C12H24N2O5S. The number of rotatable bonds is 7. The molecule has 0 aromatic carbocycles. The van der Waals surface area contributed by atoms with Crippen LogP contribution in [0.1, 0.15) is 33.1 Å². The molecule has 0 amide bonds. The van der Waals surface area contributed by atoms with Gasteiger partial charge in [-0.15, -0.1) is 0 Å². The largest absolute Gasteiger partial charge is 0.466 e. The molecule has 1 rings (SSSR count). The van der Waals surface area contributed by atoms with Crippen LogP contribution < -0.4 is 4.72 Å². The minimum atomic E-state index is -3.60. The first-order chi connectivity index (χ1) is 9.44. The number of piperidine rings is 1. The zero-order chi connectivity index (χ0) is 15.2. The first-order valence-electron chi connectivity index (χ1n) is 6.99. The Kier molecular flexibility index (Phi) is 6.87. The maximum Gasteiger partial charge on any atom is 0.309 e. The molecule has 7 nitrogen and oxygen atoms in total. The molecule has 1 aliphatic rings. The molecule has 0 spiro atoms. The lowest BCUT2D eigenvalue weighted by molar-refractivity contribution is -0.149. The number of carbonyl (C=O) groups excluding carboxylic acids is 1. The molecule has 0 aromatic rings. The normalized spacial score (nSPS) is 19.8. The van der Waals surface area contributed by atoms with Gasteiger partial charge in [-0.2, -0.15) is 17.4 Å². The molecule has 1 atom stereocenters. The molecule has 8 heteroatoms. The molecule has 118 valence electrons. The van der Waals surface area contributed by atoms with E-state index in [0.717, 1.165) is 0 Å². The Hall–Kier alpha value is -0.700. The van der Waals surface area contributed by atoms with Crippen molar-refractivity contribution in [2.75, 3.05) is 26.3 Å². The monoisotopic (exact) mass is 308 g/mol. The van der Waals surface area contributed by atoms with Gasteiger partial charge in [-0.05, 0) is 26.2 Å². The molecular weight excluding hydrogens is 284 g/mol. The smallest absolute Gasteiger partial charge is 0.309 e. The lowest BCUT2D eigenvalue weighted by Crippen LogP contribution is -2.49. The number of aliphatic hydroxyl groups is 1. The first kappa shape index (κ1) is 17.4. The Bertz CT molecular complexity index is 400. The Morgan fingerprint density at radius 3 is 2.45 bits per heavy atom. The highest BCUT2D eigenvalue weighted by atomic mass is 32.2. The summed E-state index contributed by atoms with van der Waals surface area (Å²) in [4.78, 5) is 11.6. The lowest BCUT2D eigenvalue weighted by Gasteiger charge is -2.31. The van der Waals surface area contributed by atoms with Gasteiger partial charge in [0.15, 0.2) is 0 Å². The van der Waals surface area contributed by atoms with E-state index in [0.29, 0.717) is 39.0 Å². The number of carbonyl (C=O) groups is 1. The van der Waals surface area contributed by atoms with Gasteiger partial charge in [0.05, 0.1) is 19.1 Å². The first-order valence-corrected chi connectivity index (χ1v) is 8.43. The number of hydrogen-bond acceptors (Lipinski definition) is 5. The maximum absolute atomic E-state index is 12.1. The highest BCUT2D eigenvalue weighted by molar-refractivity contribution is 7.87. The SMILES string of the molecule is CCOC(=O)C1CCN(S(=O)(=O)N[C@H](CC)CO)CC1. The van der Waals surface area contributed by atoms with Gasteiger partial charge in [0.1, 0.15) is 0 Å². The van der Waals surface area contributed by atoms with Crippen LogP contribution in [0.5, 0.6) is 0 Å². The summed E-state index contributed by atoms with van der Waals surface area (Å²) in [6, 6.07) is -0.470. The molecule has 2 N–H and O–H groups in total. The second kappa shape index (κ2) is 7.92. The number of aliphatic hydroxyl groups excluding tert-OH is 1. The van der Waals surface area contributed by atoms with Crippen molar-refractivity contribution in [3.63, 3.8) is 0 Å². The minimum absolute atomic E-state index is 0.221. The molecule has 0 saturated carbocycles. The molecule has 0 radical (unpaired) electrons. The number of hydrogen-bond donors (Lipinski definition) is 2. The van der Waals surface area contributed by atoms with Crippen LogP contribution in [-0.2, 0) is 19.7 Å². The van der Waals surface area contributed by atoms with Gasteiger partial charge >= 0.3 is 5.97 Å². The number of nitrogens with zero attached hydrogens (tertiary/aromatic N) is 1. The molecule has 0 bridgehead atoms. The van der Waals surface area contributed by atoms with E-state index in [1.165, 1.54) is 4.31 Å². The standard InChI is InChI=1S/C12H24N2O5S/c1-3-11(9-15)13-20(17,18)14-7-5-10(6-8-14)12(16)19-4-2/h10-11,13,15H,3-9H2,1-2H3/t11-/m1/s1. The summed E-state index contributed by atoms with van der Waals surface area (Å²) in [5, 5.41) is 9.05. The van der Waals surface area contributed by atoms with Crippen LogP contribution in [0.25, 0.3) is 0 Å². The van der Waals surface area contributed by atoms with Gasteiger partial charge in [-0.1, -0.05) is 6.92 Å². The van der Waals surface area contributed by atoms with Gasteiger partial charge < -0.3 is 9.84 Å². The number of ether oxygens (including phenoxy) is 1. The van der Waals surface area contributed by atoms with Gasteiger partial charge in [0, 0.05) is 19.1 Å². The van der Waals surface area contributed by atoms with E-state index in [1.807, 2.05) is 0 Å². The third kappa shape index (κ3) is 4.69. The topological polar surface area (TPSA) is 95.9 Å². The summed E-state index contributed by atoms with van der Waals surface area (Å²) in [6.07, 6.45) is 1.46. The zero-order valence-electron chi connectivity index (χ0n) is 12.0. The molecule has 0 aliphatic carbocycles. The van der Waals surface area contributed by atoms with Crippen LogP contribution in [0.3, 0.4) is 0 Å². The third-order valence-electron chi connectivity index (χ3n) is 3.44. The average molecular weight is 308 g/mol. The predicted octanol–water partition coefficient (Wildman–Crippen LogP) is -0.133. The van der Waals surface area contributed by atoms with Gasteiger partial charge in [0.25, 0.3) is 10.2 Å². The predicted molar refractivity (Wildman–Crippen MR) is 74.2 cm³/mol. The molecule has 1 aliphatic heterocycles. The van der Waals surface area contributed by atoms with Crippen LogP contribution >= 0.6 is 0 Å². The summed E-state index contributed by atoms with van der Waals surface area (Å²) in [5.74, 6) is -0.472. The van der Waals surface area contributed by atoms with E-state index < -0.39 is 16.3 Å². The Balaban J connectivity index is 2.53. The summed E-state index contributed by atoms with van der Waals surface area (Å²) in [5.41, 5.74) is 0. The van der Waals surface area contributed by atoms with E-state index in [-0.39, 0.29) is 18.5 Å². The van der Waals surface area contributed by atoms with Crippen molar-refractivity contribution in [3.05, 3.63) is 0 Å². The van der Waals surface area contributed by atoms with E-state index in [1.54, 1.807) is 13.8 Å². The number of esters is 1. The van der Waals surface area contributed by atoms with Crippen LogP contribution in [-0.4, -0.2) is 56.1 Å². The Labute approximate surface area is 120 Å². The van der Waals surface area contributed by atoms with Crippen molar-refractivity contribution < 1.29 is 23.1 Å². The van der Waals surface area contributed by atoms with Crippen LogP contribution in [0.15, 0.2) is 0 Å². The molecule has 0 aromatic heterocycles. The zero-order valence-corrected chi connectivity index (χ0v) is 12.9. The fourth-order valence-corrected chi connectivity index (χ4v) is 3.63. The van der Waals surface area contributed by atoms with Gasteiger partial charge in [-0.3, -0.25) is 4.79 Å². The van der Waals surface area contributed by atoms with Crippen molar-refractivity contribution in [2.24, 2.45) is 5.92 Å². The minimum Gasteiger partial charge on any atom is -0.466 e. The fourth-order valence-electron chi connectivity index (χ4n) is 2.13. The molecule has 1 fully saturated rings. The molecule has 1 heterocycles. The van der Waals surface area contributed by atoms with Crippen molar-refractivity contribution in [1.29, 1.82) is 0 Å². The molecule has 0 unspecified atom stereocenters. The average Bonchev–Trinajstić information content (AvgIpc) is 2.45. The summed E-state index contributed by atoms with van der Waals surface area (Å²) >= 11 is 0. The Morgan fingerprint density at radius 1 is 1.40 bits per heavy atom. The molecule has 20 heavy (non-hydrogen) atoms. The van der Waals surface area contributed by atoms with Crippen molar-refractivity contribution in [3.8, 4) is 0 Å². The van der Waals surface area contributed by atoms with Crippen molar-refractivity contribution >= 4 is 16.2 Å². The van der Waals surface area contributed by atoms with Gasteiger partial charge in [0.2, 0.25) is 0 Å².